The Labute approximate surface area is 180 Å². The van der Waals surface area contributed by atoms with Crippen LogP contribution in [0.25, 0.3) is 21.2 Å². The molecule has 0 N–H and O–H groups in total. The first-order chi connectivity index (χ1) is 15.0. The van der Waals surface area contributed by atoms with Gasteiger partial charge in [0, 0.05) is 0 Å². The molecule has 1 atom stereocenters. The summed E-state index contributed by atoms with van der Waals surface area (Å²) in [6, 6.07) is 15.8. The maximum Gasteiger partial charge on any atom is 0.297 e. The Morgan fingerprint density at radius 3 is 2.65 bits per heavy atom. The smallest absolute Gasteiger partial charge is 0.297 e. The van der Waals surface area contributed by atoms with Crippen LogP contribution in [0.15, 0.2) is 68.2 Å². The van der Waals surface area contributed by atoms with Crippen molar-refractivity contribution in [1.82, 2.24) is 4.98 Å². The van der Waals surface area contributed by atoms with Crippen LogP contribution in [0.3, 0.4) is 0 Å². The molecule has 4 heterocycles. The van der Waals surface area contributed by atoms with Crippen molar-refractivity contribution in [2.75, 3.05) is 4.90 Å². The number of benzene rings is 2. The first-order valence-corrected chi connectivity index (χ1v) is 10.7. The number of nitrogens with zero attached hydrogens (tertiary/aromatic N) is 2. The number of hydrogen-bond donors (Lipinski definition) is 0. The molecule has 6 nitrogen and oxygen atoms in total. The summed E-state index contributed by atoms with van der Waals surface area (Å²) in [6.07, 6.45) is 0. The topological polar surface area (TPSA) is 76.6 Å². The van der Waals surface area contributed by atoms with Gasteiger partial charge in [-0.05, 0) is 55.8 Å². The van der Waals surface area contributed by atoms with E-state index in [9.17, 15) is 9.59 Å². The standard InChI is InChI=1S/C24H16N2O4S/c1-12-7-9-15-18(11-12)31-24(25-15)26-20(17-10-8-13(2)29-17)19-21(27)14-5-3-4-6-16(14)30-22(19)23(26)28/h3-11,20H,1-2H3/t20-/m1/s1. The van der Waals surface area contributed by atoms with E-state index in [1.807, 2.05) is 38.1 Å². The van der Waals surface area contributed by atoms with Gasteiger partial charge in [-0.2, -0.15) is 0 Å². The third-order valence-electron chi connectivity index (χ3n) is 5.55. The zero-order valence-electron chi connectivity index (χ0n) is 16.7. The molecule has 31 heavy (non-hydrogen) atoms. The molecule has 7 heteroatoms. The SMILES string of the molecule is Cc1ccc2nc(N3C(=O)c4oc5ccccc5c(=O)c4[C@H]3c3ccc(C)o3)sc2c1. The zero-order valence-corrected chi connectivity index (χ0v) is 17.5. The number of carbonyl (C=O) groups is 1. The number of aryl methyl sites for hydroxylation is 2. The summed E-state index contributed by atoms with van der Waals surface area (Å²) < 4.78 is 12.8. The fraction of sp³-hybridized carbons (Fsp3) is 0.125. The van der Waals surface area contributed by atoms with Crippen LogP contribution >= 0.6 is 11.3 Å². The van der Waals surface area contributed by atoms with Crippen LogP contribution in [-0.2, 0) is 0 Å². The largest absolute Gasteiger partial charge is 0.464 e. The summed E-state index contributed by atoms with van der Waals surface area (Å²) in [5, 5.41) is 0.934. The molecule has 1 amide bonds. The lowest BCUT2D eigenvalue weighted by Crippen LogP contribution is -2.29. The van der Waals surface area contributed by atoms with Gasteiger partial charge in [-0.1, -0.05) is 29.5 Å². The second-order valence-corrected chi connectivity index (χ2v) is 8.67. The predicted octanol–water partition coefficient (Wildman–Crippen LogP) is 5.36. The molecule has 0 unspecified atom stereocenters. The van der Waals surface area contributed by atoms with Gasteiger partial charge < -0.3 is 8.83 Å². The second kappa shape index (κ2) is 6.39. The van der Waals surface area contributed by atoms with Gasteiger partial charge in [0.1, 0.15) is 23.1 Å². The van der Waals surface area contributed by atoms with E-state index in [1.54, 1.807) is 30.3 Å². The van der Waals surface area contributed by atoms with Gasteiger partial charge in [0.2, 0.25) is 5.76 Å². The Kier molecular flexibility index (Phi) is 3.73. The van der Waals surface area contributed by atoms with Crippen molar-refractivity contribution < 1.29 is 13.6 Å². The number of thiazole rings is 1. The van der Waals surface area contributed by atoms with Gasteiger partial charge in [-0.3, -0.25) is 14.5 Å². The molecule has 0 fully saturated rings. The summed E-state index contributed by atoms with van der Waals surface area (Å²) >= 11 is 1.41. The van der Waals surface area contributed by atoms with Crippen molar-refractivity contribution in [3.05, 3.63) is 93.2 Å². The van der Waals surface area contributed by atoms with Gasteiger partial charge in [0.25, 0.3) is 5.91 Å². The van der Waals surface area contributed by atoms with E-state index >= 15 is 0 Å². The molecular formula is C24H16N2O4S. The summed E-state index contributed by atoms with van der Waals surface area (Å²) in [7, 11) is 0. The van der Waals surface area contributed by atoms with E-state index in [2.05, 4.69) is 4.98 Å². The molecule has 0 aliphatic carbocycles. The Bertz CT molecular complexity index is 1580. The maximum absolute atomic E-state index is 13.5. The lowest BCUT2D eigenvalue weighted by atomic mass is 10.0. The van der Waals surface area contributed by atoms with Gasteiger partial charge >= 0.3 is 0 Å². The molecule has 0 radical (unpaired) electrons. The normalized spacial score (nSPS) is 15.9. The number of anilines is 1. The van der Waals surface area contributed by atoms with Crippen LogP contribution in [0.4, 0.5) is 5.13 Å². The molecule has 6 rings (SSSR count). The van der Waals surface area contributed by atoms with E-state index in [1.165, 1.54) is 16.2 Å². The minimum Gasteiger partial charge on any atom is -0.464 e. The van der Waals surface area contributed by atoms with Crippen molar-refractivity contribution in [2.24, 2.45) is 0 Å². The van der Waals surface area contributed by atoms with E-state index in [-0.39, 0.29) is 16.8 Å². The first kappa shape index (κ1) is 18.1. The zero-order chi connectivity index (χ0) is 21.3. The number of fused-ring (bicyclic) bond motifs is 3. The lowest BCUT2D eigenvalue weighted by Gasteiger charge is -2.20. The van der Waals surface area contributed by atoms with Gasteiger partial charge in [0.15, 0.2) is 10.6 Å². The Hall–Kier alpha value is -3.71. The Morgan fingerprint density at radius 1 is 1.00 bits per heavy atom. The molecule has 1 aliphatic rings. The molecule has 0 saturated heterocycles. The second-order valence-electron chi connectivity index (χ2n) is 7.66. The molecule has 0 bridgehead atoms. The number of furan rings is 1. The fourth-order valence-electron chi connectivity index (χ4n) is 4.11. The van der Waals surface area contributed by atoms with Gasteiger partial charge in [0.05, 0.1) is 21.2 Å². The number of hydrogen-bond acceptors (Lipinski definition) is 6. The fourth-order valence-corrected chi connectivity index (χ4v) is 5.20. The third kappa shape index (κ3) is 2.60. The minimum atomic E-state index is -0.737. The highest BCUT2D eigenvalue weighted by molar-refractivity contribution is 7.22. The number of carbonyl (C=O) groups excluding carboxylic acids is 1. The van der Waals surface area contributed by atoms with Gasteiger partial charge in [-0.15, -0.1) is 0 Å². The molecule has 3 aromatic heterocycles. The number of rotatable bonds is 2. The van der Waals surface area contributed by atoms with Crippen molar-refractivity contribution in [1.29, 1.82) is 0 Å². The van der Waals surface area contributed by atoms with E-state index in [0.717, 1.165) is 15.8 Å². The van der Waals surface area contributed by atoms with E-state index < -0.39 is 11.9 Å². The van der Waals surface area contributed by atoms with Crippen LogP contribution in [-0.4, -0.2) is 10.9 Å². The van der Waals surface area contributed by atoms with Crippen molar-refractivity contribution in [2.45, 2.75) is 19.9 Å². The molecule has 2 aromatic carbocycles. The third-order valence-corrected chi connectivity index (χ3v) is 6.56. The van der Waals surface area contributed by atoms with Crippen molar-refractivity contribution in [3.63, 3.8) is 0 Å². The van der Waals surface area contributed by atoms with Crippen LogP contribution in [0.5, 0.6) is 0 Å². The van der Waals surface area contributed by atoms with Crippen LogP contribution < -0.4 is 10.3 Å². The molecule has 1 aliphatic heterocycles. The van der Waals surface area contributed by atoms with Crippen LogP contribution in [0, 0.1) is 13.8 Å². The van der Waals surface area contributed by atoms with Gasteiger partial charge in [-0.25, -0.2) is 4.98 Å². The summed E-state index contributed by atoms with van der Waals surface area (Å²) in [5.74, 6) is 0.842. The molecule has 5 aromatic rings. The molecule has 152 valence electrons. The highest BCUT2D eigenvalue weighted by atomic mass is 32.1. The van der Waals surface area contributed by atoms with Crippen molar-refractivity contribution >= 4 is 43.6 Å². The Balaban J connectivity index is 1.64. The monoisotopic (exact) mass is 428 g/mol. The van der Waals surface area contributed by atoms with Crippen LogP contribution in [0.1, 0.15) is 39.2 Å². The highest BCUT2D eigenvalue weighted by Gasteiger charge is 2.46. The summed E-state index contributed by atoms with van der Waals surface area (Å²) in [5.41, 5.74) is 2.35. The molecular weight excluding hydrogens is 412 g/mol. The molecule has 0 spiro atoms. The number of aromatic nitrogens is 1. The average Bonchev–Trinajstić information content (AvgIpc) is 3.44. The van der Waals surface area contributed by atoms with E-state index in [0.29, 0.717) is 27.6 Å². The van der Waals surface area contributed by atoms with E-state index in [4.69, 9.17) is 8.83 Å². The van der Waals surface area contributed by atoms with Crippen LogP contribution in [0.2, 0.25) is 0 Å². The quantitative estimate of drug-likeness (QED) is 0.378. The van der Waals surface area contributed by atoms with Crippen molar-refractivity contribution in [3.8, 4) is 0 Å². The lowest BCUT2D eigenvalue weighted by molar-refractivity contribution is 0.0969. The summed E-state index contributed by atoms with van der Waals surface area (Å²) in [6.45, 7) is 3.84. The summed E-state index contributed by atoms with van der Waals surface area (Å²) in [4.78, 5) is 33.2. The maximum atomic E-state index is 13.5. The molecule has 0 saturated carbocycles. The minimum absolute atomic E-state index is 0.0400. The highest BCUT2D eigenvalue weighted by Crippen LogP contribution is 2.44. The predicted molar refractivity (Wildman–Crippen MR) is 119 cm³/mol. The number of amides is 1. The Morgan fingerprint density at radius 2 is 1.84 bits per heavy atom. The first-order valence-electron chi connectivity index (χ1n) is 9.84. The average molecular weight is 428 g/mol. The number of para-hydroxylation sites is 1.